The molecule has 0 aromatic heterocycles. The molecule has 2 aromatic carbocycles. The summed E-state index contributed by atoms with van der Waals surface area (Å²) in [5.74, 6) is 1.02. The van der Waals surface area contributed by atoms with E-state index in [1.54, 1.807) is 0 Å². The lowest BCUT2D eigenvalue weighted by molar-refractivity contribution is 0.577. The second kappa shape index (κ2) is 8.47. The Hall–Kier alpha value is -0.960. The molecule has 0 fully saturated rings. The fourth-order valence-corrected chi connectivity index (χ4v) is 3.43. The Kier molecular flexibility index (Phi) is 6.62. The van der Waals surface area contributed by atoms with E-state index in [4.69, 9.17) is 11.6 Å². The number of benzene rings is 2. The van der Waals surface area contributed by atoms with Crippen LogP contribution in [0.5, 0.6) is 0 Å². The third kappa shape index (κ3) is 5.06. The maximum Gasteiger partial charge on any atom is 0.0415 e. The van der Waals surface area contributed by atoms with E-state index in [0.29, 0.717) is 6.04 Å². The minimum absolute atomic E-state index is 0.354. The van der Waals surface area contributed by atoms with Gasteiger partial charge in [-0.2, -0.15) is 0 Å². The van der Waals surface area contributed by atoms with E-state index in [1.165, 1.54) is 16.0 Å². The summed E-state index contributed by atoms with van der Waals surface area (Å²) in [6, 6.07) is 17.1. The van der Waals surface area contributed by atoms with Gasteiger partial charge in [-0.15, -0.1) is 11.8 Å². The van der Waals surface area contributed by atoms with Crippen molar-refractivity contribution in [3.05, 3.63) is 64.7 Å². The Balaban J connectivity index is 2.06. The van der Waals surface area contributed by atoms with Gasteiger partial charge in [0.25, 0.3) is 0 Å². The molecule has 1 atom stereocenters. The van der Waals surface area contributed by atoms with Gasteiger partial charge < -0.3 is 5.32 Å². The second-order valence-corrected chi connectivity index (χ2v) is 6.63. The van der Waals surface area contributed by atoms with Gasteiger partial charge in [-0.3, -0.25) is 0 Å². The van der Waals surface area contributed by atoms with Crippen LogP contribution in [0.1, 0.15) is 30.5 Å². The number of hydrogen-bond acceptors (Lipinski definition) is 2. The standard InChI is InChI=1S/C18H22ClNS/c1-3-12-20-17(15-8-10-16(19)11-9-15)13-21-18-7-5-4-6-14(18)2/h4-11,17,20H,3,12-13H2,1-2H3. The molecule has 2 aromatic rings. The van der Waals surface area contributed by atoms with Gasteiger partial charge in [0.1, 0.15) is 0 Å². The minimum atomic E-state index is 0.354. The van der Waals surface area contributed by atoms with E-state index in [-0.39, 0.29) is 0 Å². The van der Waals surface area contributed by atoms with Gasteiger partial charge in [0, 0.05) is 21.7 Å². The fourth-order valence-electron chi connectivity index (χ4n) is 2.18. The fraction of sp³-hybridized carbons (Fsp3) is 0.333. The highest BCUT2D eigenvalue weighted by Crippen LogP contribution is 2.27. The number of aryl methyl sites for hydroxylation is 1. The Morgan fingerprint density at radius 1 is 1.10 bits per heavy atom. The molecule has 3 heteroatoms. The molecule has 21 heavy (non-hydrogen) atoms. The van der Waals surface area contributed by atoms with Crippen LogP contribution in [0.3, 0.4) is 0 Å². The molecule has 0 saturated heterocycles. The van der Waals surface area contributed by atoms with E-state index in [2.05, 4.69) is 55.6 Å². The van der Waals surface area contributed by atoms with E-state index in [1.807, 2.05) is 23.9 Å². The number of thioether (sulfide) groups is 1. The predicted molar refractivity (Wildman–Crippen MR) is 94.4 cm³/mol. The molecule has 0 aliphatic carbocycles. The molecule has 0 bridgehead atoms. The summed E-state index contributed by atoms with van der Waals surface area (Å²) >= 11 is 7.90. The van der Waals surface area contributed by atoms with Crippen LogP contribution in [0.4, 0.5) is 0 Å². The van der Waals surface area contributed by atoms with Crippen molar-refractivity contribution >= 4 is 23.4 Å². The van der Waals surface area contributed by atoms with Gasteiger partial charge in [0.15, 0.2) is 0 Å². The van der Waals surface area contributed by atoms with Gasteiger partial charge in [-0.25, -0.2) is 0 Å². The summed E-state index contributed by atoms with van der Waals surface area (Å²) < 4.78 is 0. The van der Waals surface area contributed by atoms with Gasteiger partial charge in [-0.05, 0) is 49.2 Å². The SMILES string of the molecule is CCCNC(CSc1ccccc1C)c1ccc(Cl)cc1. The first kappa shape index (κ1) is 16.4. The Bertz CT molecular complexity index is 553. The Morgan fingerprint density at radius 2 is 1.81 bits per heavy atom. The molecule has 0 aliphatic rings. The summed E-state index contributed by atoms with van der Waals surface area (Å²) in [5.41, 5.74) is 2.64. The topological polar surface area (TPSA) is 12.0 Å². The third-order valence-electron chi connectivity index (χ3n) is 3.41. The van der Waals surface area contributed by atoms with Crippen LogP contribution in [-0.2, 0) is 0 Å². The average Bonchev–Trinajstić information content (AvgIpc) is 2.50. The molecule has 0 aliphatic heterocycles. The molecule has 0 amide bonds. The quantitative estimate of drug-likeness (QED) is 0.678. The third-order valence-corrected chi connectivity index (χ3v) is 4.93. The summed E-state index contributed by atoms with van der Waals surface area (Å²) in [5, 5.41) is 4.42. The van der Waals surface area contributed by atoms with Crippen molar-refractivity contribution in [2.45, 2.75) is 31.2 Å². The predicted octanol–water partition coefficient (Wildman–Crippen LogP) is 5.48. The van der Waals surface area contributed by atoms with Crippen molar-refractivity contribution in [2.75, 3.05) is 12.3 Å². The monoisotopic (exact) mass is 319 g/mol. The van der Waals surface area contributed by atoms with Crippen molar-refractivity contribution in [3.8, 4) is 0 Å². The lowest BCUT2D eigenvalue weighted by Gasteiger charge is -2.19. The van der Waals surface area contributed by atoms with Gasteiger partial charge >= 0.3 is 0 Å². The summed E-state index contributed by atoms with van der Waals surface area (Å²) in [7, 11) is 0. The minimum Gasteiger partial charge on any atom is -0.309 e. The highest BCUT2D eigenvalue weighted by atomic mass is 35.5. The number of nitrogens with one attached hydrogen (secondary N) is 1. The van der Waals surface area contributed by atoms with Crippen molar-refractivity contribution < 1.29 is 0 Å². The van der Waals surface area contributed by atoms with Crippen LogP contribution in [-0.4, -0.2) is 12.3 Å². The van der Waals surface area contributed by atoms with Crippen molar-refractivity contribution in [3.63, 3.8) is 0 Å². The molecule has 0 spiro atoms. The maximum atomic E-state index is 5.99. The lowest BCUT2D eigenvalue weighted by atomic mass is 10.1. The zero-order valence-electron chi connectivity index (χ0n) is 12.6. The zero-order chi connectivity index (χ0) is 15.1. The van der Waals surface area contributed by atoms with E-state index in [0.717, 1.165) is 23.7 Å². The zero-order valence-corrected chi connectivity index (χ0v) is 14.2. The molecule has 1 N–H and O–H groups in total. The van der Waals surface area contributed by atoms with E-state index in [9.17, 15) is 0 Å². The molecule has 0 radical (unpaired) electrons. The van der Waals surface area contributed by atoms with Crippen LogP contribution in [0.15, 0.2) is 53.4 Å². The number of hydrogen-bond donors (Lipinski definition) is 1. The molecule has 0 heterocycles. The van der Waals surface area contributed by atoms with E-state index < -0.39 is 0 Å². The normalized spacial score (nSPS) is 12.3. The molecule has 112 valence electrons. The van der Waals surface area contributed by atoms with Crippen molar-refractivity contribution in [2.24, 2.45) is 0 Å². The summed E-state index contributed by atoms with van der Waals surface area (Å²) in [4.78, 5) is 1.36. The molecule has 1 unspecified atom stereocenters. The number of rotatable bonds is 7. The second-order valence-electron chi connectivity index (χ2n) is 5.13. The van der Waals surface area contributed by atoms with Crippen LogP contribution in [0, 0.1) is 6.92 Å². The Morgan fingerprint density at radius 3 is 2.48 bits per heavy atom. The maximum absolute atomic E-state index is 5.99. The first-order chi connectivity index (χ1) is 10.2. The first-order valence-electron chi connectivity index (χ1n) is 7.38. The average molecular weight is 320 g/mol. The molecule has 1 nitrogen and oxygen atoms in total. The van der Waals surface area contributed by atoms with E-state index >= 15 is 0 Å². The smallest absolute Gasteiger partial charge is 0.0415 e. The first-order valence-corrected chi connectivity index (χ1v) is 8.74. The number of halogens is 1. The highest BCUT2D eigenvalue weighted by Gasteiger charge is 2.11. The summed E-state index contributed by atoms with van der Waals surface area (Å²) in [6.07, 6.45) is 1.14. The van der Waals surface area contributed by atoms with Crippen LogP contribution >= 0.6 is 23.4 Å². The van der Waals surface area contributed by atoms with Crippen molar-refractivity contribution in [1.82, 2.24) is 5.32 Å². The molecular weight excluding hydrogens is 298 g/mol. The van der Waals surface area contributed by atoms with Crippen LogP contribution in [0.25, 0.3) is 0 Å². The summed E-state index contributed by atoms with van der Waals surface area (Å²) in [6.45, 7) is 5.39. The van der Waals surface area contributed by atoms with Crippen molar-refractivity contribution in [1.29, 1.82) is 0 Å². The van der Waals surface area contributed by atoms with Gasteiger partial charge in [0.2, 0.25) is 0 Å². The largest absolute Gasteiger partial charge is 0.309 e. The molecule has 0 saturated carbocycles. The highest BCUT2D eigenvalue weighted by molar-refractivity contribution is 7.99. The van der Waals surface area contributed by atoms with Crippen LogP contribution < -0.4 is 5.32 Å². The van der Waals surface area contributed by atoms with Gasteiger partial charge in [0.05, 0.1) is 0 Å². The van der Waals surface area contributed by atoms with Crippen LogP contribution in [0.2, 0.25) is 5.02 Å². The molecule has 2 rings (SSSR count). The molecular formula is C18H22ClNS. The van der Waals surface area contributed by atoms with Gasteiger partial charge in [-0.1, -0.05) is 48.9 Å². The Labute approximate surface area is 137 Å². The lowest BCUT2D eigenvalue weighted by Crippen LogP contribution is -2.24.